The van der Waals surface area contributed by atoms with E-state index in [1.807, 2.05) is 12.1 Å². The molecule has 1 unspecified atom stereocenters. The Bertz CT molecular complexity index is 783. The third-order valence-electron chi connectivity index (χ3n) is 5.11. The molecule has 2 aromatic rings. The number of hydrogen-bond acceptors (Lipinski definition) is 4. The predicted octanol–water partition coefficient (Wildman–Crippen LogP) is 3.62. The van der Waals surface area contributed by atoms with Crippen molar-refractivity contribution in [1.82, 2.24) is 5.32 Å². The van der Waals surface area contributed by atoms with Gasteiger partial charge in [0, 0.05) is 12.5 Å². The van der Waals surface area contributed by atoms with E-state index >= 15 is 0 Å². The molecule has 1 aromatic carbocycles. The zero-order chi connectivity index (χ0) is 17.2. The highest BCUT2D eigenvalue weighted by molar-refractivity contribution is 7.12. The van der Waals surface area contributed by atoms with Gasteiger partial charge in [0.15, 0.2) is 11.5 Å². The van der Waals surface area contributed by atoms with Crippen molar-refractivity contribution in [3.8, 4) is 11.5 Å². The van der Waals surface area contributed by atoms with Crippen LogP contribution in [-0.4, -0.2) is 26.2 Å². The van der Waals surface area contributed by atoms with E-state index in [2.05, 4.69) is 16.8 Å². The second-order valence-corrected chi connectivity index (χ2v) is 7.70. The van der Waals surface area contributed by atoms with Gasteiger partial charge in [0.2, 0.25) is 0 Å². The first kappa shape index (κ1) is 16.5. The highest BCUT2D eigenvalue weighted by Gasteiger charge is 2.25. The Morgan fingerprint density at radius 1 is 1.32 bits per heavy atom. The SMILES string of the molecule is COc1cccc2c1OCC(CNC(=O)c1scc3c1CCCC3)C2. The minimum absolute atomic E-state index is 0.0737. The minimum atomic E-state index is 0.0737. The number of ether oxygens (including phenoxy) is 2. The molecule has 4 rings (SSSR count). The van der Waals surface area contributed by atoms with E-state index in [1.54, 1.807) is 18.4 Å². The van der Waals surface area contributed by atoms with Crippen LogP contribution in [0.4, 0.5) is 0 Å². The van der Waals surface area contributed by atoms with Crippen LogP contribution < -0.4 is 14.8 Å². The molecule has 1 aromatic heterocycles. The molecular formula is C20H23NO3S. The van der Waals surface area contributed by atoms with Gasteiger partial charge in [-0.05, 0) is 60.2 Å². The van der Waals surface area contributed by atoms with Gasteiger partial charge < -0.3 is 14.8 Å². The molecule has 2 heterocycles. The van der Waals surface area contributed by atoms with Crippen LogP contribution >= 0.6 is 11.3 Å². The van der Waals surface area contributed by atoms with Gasteiger partial charge in [0.1, 0.15) is 0 Å². The maximum atomic E-state index is 12.6. The minimum Gasteiger partial charge on any atom is -0.493 e. The zero-order valence-electron chi connectivity index (χ0n) is 14.5. The van der Waals surface area contributed by atoms with Gasteiger partial charge in [-0.1, -0.05) is 12.1 Å². The van der Waals surface area contributed by atoms with E-state index in [1.165, 1.54) is 24.0 Å². The first-order chi connectivity index (χ1) is 12.3. The summed E-state index contributed by atoms with van der Waals surface area (Å²) in [5, 5.41) is 5.29. The monoisotopic (exact) mass is 357 g/mol. The first-order valence-corrected chi connectivity index (χ1v) is 9.80. The number of methoxy groups -OCH3 is 1. The van der Waals surface area contributed by atoms with Crippen LogP contribution in [0.2, 0.25) is 0 Å². The zero-order valence-corrected chi connectivity index (χ0v) is 15.3. The number of aryl methyl sites for hydroxylation is 1. The van der Waals surface area contributed by atoms with Crippen molar-refractivity contribution in [3.05, 3.63) is 45.1 Å². The summed E-state index contributed by atoms with van der Waals surface area (Å²) in [4.78, 5) is 13.5. The molecule has 0 spiro atoms. The maximum absolute atomic E-state index is 12.6. The number of benzene rings is 1. The van der Waals surface area contributed by atoms with Crippen molar-refractivity contribution in [2.24, 2.45) is 5.92 Å². The van der Waals surface area contributed by atoms with E-state index in [0.29, 0.717) is 19.1 Å². The third kappa shape index (κ3) is 3.25. The molecule has 2 aliphatic rings. The Morgan fingerprint density at radius 3 is 3.08 bits per heavy atom. The second kappa shape index (κ2) is 7.08. The summed E-state index contributed by atoms with van der Waals surface area (Å²) in [6.45, 7) is 1.25. The summed E-state index contributed by atoms with van der Waals surface area (Å²) in [6.07, 6.45) is 5.50. The fourth-order valence-corrected chi connectivity index (χ4v) is 4.85. The standard InChI is InChI=1S/C20H23NO3S/c1-23-17-8-4-6-14-9-13(11-24-18(14)17)10-21-20(22)19-16-7-3-2-5-15(16)12-25-19/h4,6,8,12-13H,2-3,5,7,9-11H2,1H3,(H,21,22). The highest BCUT2D eigenvalue weighted by atomic mass is 32.1. The molecule has 1 amide bonds. The second-order valence-electron chi connectivity index (χ2n) is 6.82. The van der Waals surface area contributed by atoms with Gasteiger partial charge >= 0.3 is 0 Å². The number of carbonyl (C=O) groups is 1. The quantitative estimate of drug-likeness (QED) is 0.909. The van der Waals surface area contributed by atoms with Crippen LogP contribution in [0.3, 0.4) is 0 Å². The fourth-order valence-electron chi connectivity index (χ4n) is 3.78. The summed E-state index contributed by atoms with van der Waals surface area (Å²) >= 11 is 1.59. The van der Waals surface area contributed by atoms with E-state index < -0.39 is 0 Å². The average Bonchev–Trinajstić information content (AvgIpc) is 3.09. The van der Waals surface area contributed by atoms with Gasteiger partial charge in [-0.25, -0.2) is 0 Å². The van der Waals surface area contributed by atoms with E-state index in [0.717, 1.165) is 41.2 Å². The molecule has 1 aliphatic carbocycles. The Hall–Kier alpha value is -2.01. The lowest BCUT2D eigenvalue weighted by Crippen LogP contribution is -2.35. The van der Waals surface area contributed by atoms with Gasteiger partial charge in [-0.2, -0.15) is 0 Å². The van der Waals surface area contributed by atoms with E-state index in [9.17, 15) is 4.79 Å². The molecule has 25 heavy (non-hydrogen) atoms. The van der Waals surface area contributed by atoms with Crippen LogP contribution in [0.25, 0.3) is 0 Å². The number of amides is 1. The highest BCUT2D eigenvalue weighted by Crippen LogP contribution is 2.36. The Balaban J connectivity index is 1.39. The van der Waals surface area contributed by atoms with Crippen LogP contribution in [0.15, 0.2) is 23.6 Å². The van der Waals surface area contributed by atoms with Crippen LogP contribution in [-0.2, 0) is 19.3 Å². The lowest BCUT2D eigenvalue weighted by atomic mass is 9.93. The first-order valence-electron chi connectivity index (χ1n) is 8.92. The molecule has 0 saturated carbocycles. The van der Waals surface area contributed by atoms with Crippen LogP contribution in [0.5, 0.6) is 11.5 Å². The number of fused-ring (bicyclic) bond motifs is 2. The number of hydrogen-bond donors (Lipinski definition) is 1. The van der Waals surface area contributed by atoms with Crippen molar-refractivity contribution >= 4 is 17.2 Å². The normalized spacial score (nSPS) is 18.7. The van der Waals surface area contributed by atoms with Crippen molar-refractivity contribution in [3.63, 3.8) is 0 Å². The summed E-state index contributed by atoms with van der Waals surface area (Å²) in [5.41, 5.74) is 3.81. The molecule has 1 aliphatic heterocycles. The molecule has 0 saturated heterocycles. The lowest BCUT2D eigenvalue weighted by molar-refractivity contribution is 0.0941. The van der Waals surface area contributed by atoms with E-state index in [4.69, 9.17) is 9.47 Å². The van der Waals surface area contributed by atoms with Gasteiger partial charge in [-0.15, -0.1) is 11.3 Å². The summed E-state index contributed by atoms with van der Waals surface area (Å²) in [6, 6.07) is 5.97. The maximum Gasteiger partial charge on any atom is 0.261 e. The van der Waals surface area contributed by atoms with Gasteiger partial charge in [-0.3, -0.25) is 4.79 Å². The molecule has 4 nitrogen and oxygen atoms in total. The molecule has 132 valence electrons. The molecule has 1 atom stereocenters. The van der Waals surface area contributed by atoms with Crippen molar-refractivity contribution in [2.75, 3.05) is 20.3 Å². The number of para-hydroxylation sites is 1. The Labute approximate surface area is 152 Å². The molecule has 1 N–H and O–H groups in total. The Kier molecular flexibility index (Phi) is 4.66. The summed E-state index contributed by atoms with van der Waals surface area (Å²) in [5.74, 6) is 1.99. The summed E-state index contributed by atoms with van der Waals surface area (Å²) in [7, 11) is 1.66. The van der Waals surface area contributed by atoms with Gasteiger partial charge in [0.05, 0.1) is 18.6 Å². The number of carbonyl (C=O) groups excluding carboxylic acids is 1. The molecule has 0 fully saturated rings. The van der Waals surface area contributed by atoms with E-state index in [-0.39, 0.29) is 5.91 Å². The van der Waals surface area contributed by atoms with Crippen LogP contribution in [0.1, 0.15) is 39.2 Å². The molecule has 5 heteroatoms. The van der Waals surface area contributed by atoms with Gasteiger partial charge in [0.25, 0.3) is 5.91 Å². The predicted molar refractivity (Wildman–Crippen MR) is 99.0 cm³/mol. The average molecular weight is 357 g/mol. The van der Waals surface area contributed by atoms with Crippen molar-refractivity contribution < 1.29 is 14.3 Å². The molecular weight excluding hydrogens is 334 g/mol. The lowest BCUT2D eigenvalue weighted by Gasteiger charge is -2.26. The molecule has 0 radical (unpaired) electrons. The number of thiophene rings is 1. The van der Waals surface area contributed by atoms with Crippen molar-refractivity contribution in [2.45, 2.75) is 32.1 Å². The largest absolute Gasteiger partial charge is 0.493 e. The topological polar surface area (TPSA) is 47.6 Å². The number of rotatable bonds is 4. The summed E-state index contributed by atoms with van der Waals surface area (Å²) < 4.78 is 11.3. The smallest absolute Gasteiger partial charge is 0.261 e. The van der Waals surface area contributed by atoms with Crippen LogP contribution in [0, 0.1) is 5.92 Å². The van der Waals surface area contributed by atoms with Crippen molar-refractivity contribution in [1.29, 1.82) is 0 Å². The number of nitrogens with one attached hydrogen (secondary N) is 1. The Morgan fingerprint density at radius 2 is 2.20 bits per heavy atom. The molecule has 0 bridgehead atoms. The third-order valence-corrected chi connectivity index (χ3v) is 6.18. The fraction of sp³-hybridized carbons (Fsp3) is 0.450.